The summed E-state index contributed by atoms with van der Waals surface area (Å²) in [6.07, 6.45) is 3.25. The first-order valence-electron chi connectivity index (χ1n) is 10.7. The van der Waals surface area contributed by atoms with Crippen LogP contribution in [-0.2, 0) is 0 Å². The third-order valence-corrected chi connectivity index (χ3v) is 6.08. The van der Waals surface area contributed by atoms with Gasteiger partial charge in [-0.05, 0) is 102 Å². The molecule has 0 saturated heterocycles. The van der Waals surface area contributed by atoms with Crippen LogP contribution in [0.3, 0.4) is 0 Å². The van der Waals surface area contributed by atoms with Crippen molar-refractivity contribution in [2.75, 3.05) is 13.1 Å². The first-order valence-corrected chi connectivity index (χ1v) is 10.7. The third kappa shape index (κ3) is 5.17. The Bertz CT molecular complexity index is 984. The molecule has 0 aliphatic heterocycles. The zero-order valence-electron chi connectivity index (χ0n) is 17.3. The van der Waals surface area contributed by atoms with E-state index in [4.69, 9.17) is 5.73 Å². The molecule has 0 unspecified atom stereocenters. The molecule has 160 valence electrons. The van der Waals surface area contributed by atoms with E-state index in [2.05, 4.69) is 5.32 Å². The molecule has 31 heavy (non-hydrogen) atoms. The topological polar surface area (TPSA) is 55.1 Å². The molecule has 1 saturated carbocycles. The molecule has 0 radical (unpaired) electrons. The summed E-state index contributed by atoms with van der Waals surface area (Å²) in [5.41, 5.74) is 9.51. The van der Waals surface area contributed by atoms with E-state index in [-0.39, 0.29) is 17.5 Å². The van der Waals surface area contributed by atoms with Crippen LogP contribution in [0.1, 0.15) is 29.6 Å². The third-order valence-electron chi connectivity index (χ3n) is 6.08. The highest BCUT2D eigenvalue weighted by Crippen LogP contribution is 2.31. The largest absolute Gasteiger partial charge is 0.352 e. The van der Waals surface area contributed by atoms with E-state index >= 15 is 0 Å². The van der Waals surface area contributed by atoms with Crippen LogP contribution in [0.15, 0.2) is 66.7 Å². The number of halogens is 2. The van der Waals surface area contributed by atoms with Gasteiger partial charge in [-0.2, -0.15) is 0 Å². The van der Waals surface area contributed by atoms with Crippen LogP contribution in [-0.4, -0.2) is 19.0 Å². The normalized spacial score (nSPS) is 18.2. The summed E-state index contributed by atoms with van der Waals surface area (Å²) in [5, 5.41) is 3.06. The summed E-state index contributed by atoms with van der Waals surface area (Å²) in [7, 11) is 0. The Hall–Kier alpha value is -3.05. The van der Waals surface area contributed by atoms with Crippen molar-refractivity contribution in [1.29, 1.82) is 0 Å². The molecule has 3 aromatic rings. The van der Waals surface area contributed by atoms with Gasteiger partial charge in [0.05, 0.1) is 0 Å². The molecule has 0 heterocycles. The lowest BCUT2D eigenvalue weighted by Crippen LogP contribution is -2.28. The van der Waals surface area contributed by atoms with E-state index < -0.39 is 0 Å². The van der Waals surface area contributed by atoms with Gasteiger partial charge in [-0.1, -0.05) is 24.3 Å². The van der Waals surface area contributed by atoms with E-state index in [1.54, 1.807) is 24.3 Å². The zero-order chi connectivity index (χ0) is 21.8. The van der Waals surface area contributed by atoms with Crippen molar-refractivity contribution in [2.45, 2.75) is 19.3 Å². The maximum absolute atomic E-state index is 13.4. The molecule has 0 spiro atoms. The number of carbonyl (C=O) groups is 1. The smallest absolute Gasteiger partial charge is 0.251 e. The fraction of sp³-hybridized carbons (Fsp3) is 0.269. The van der Waals surface area contributed by atoms with Gasteiger partial charge in [-0.3, -0.25) is 4.79 Å². The van der Waals surface area contributed by atoms with Crippen LogP contribution >= 0.6 is 0 Å². The molecule has 0 aromatic heterocycles. The molecule has 5 heteroatoms. The van der Waals surface area contributed by atoms with Crippen molar-refractivity contribution in [2.24, 2.45) is 17.6 Å². The molecule has 1 aliphatic rings. The van der Waals surface area contributed by atoms with E-state index in [0.717, 1.165) is 41.5 Å². The van der Waals surface area contributed by atoms with Crippen LogP contribution in [0.25, 0.3) is 22.3 Å². The number of hydrogen-bond acceptors (Lipinski definition) is 2. The van der Waals surface area contributed by atoms with Gasteiger partial charge in [0.15, 0.2) is 0 Å². The molecule has 3 N–H and O–H groups in total. The van der Waals surface area contributed by atoms with E-state index in [1.165, 1.54) is 24.3 Å². The number of nitrogens with two attached hydrogens (primary N) is 1. The Morgan fingerprint density at radius 1 is 0.806 bits per heavy atom. The minimum Gasteiger partial charge on any atom is -0.352 e. The monoisotopic (exact) mass is 420 g/mol. The first-order chi connectivity index (χ1) is 15.0. The summed E-state index contributed by atoms with van der Waals surface area (Å²) in [5.74, 6) is 0.221. The van der Waals surface area contributed by atoms with Gasteiger partial charge in [-0.15, -0.1) is 0 Å². The predicted molar refractivity (Wildman–Crippen MR) is 119 cm³/mol. The molecule has 1 fully saturated rings. The lowest BCUT2D eigenvalue weighted by molar-refractivity contribution is 0.0947. The summed E-state index contributed by atoms with van der Waals surface area (Å²) in [6, 6.07) is 17.9. The number of benzene rings is 3. The van der Waals surface area contributed by atoms with Crippen molar-refractivity contribution >= 4 is 5.91 Å². The number of nitrogens with one attached hydrogen (secondary N) is 1. The van der Waals surface area contributed by atoms with Crippen molar-refractivity contribution in [1.82, 2.24) is 5.32 Å². The summed E-state index contributed by atoms with van der Waals surface area (Å²) in [4.78, 5) is 13.0. The molecular weight excluding hydrogens is 394 g/mol. The highest BCUT2D eigenvalue weighted by Gasteiger charge is 2.24. The number of hydrogen-bond donors (Lipinski definition) is 2. The molecular formula is C26H26F2N2O. The fourth-order valence-corrected chi connectivity index (χ4v) is 4.29. The quantitative estimate of drug-likeness (QED) is 0.561. The van der Waals surface area contributed by atoms with Crippen LogP contribution in [0.2, 0.25) is 0 Å². The van der Waals surface area contributed by atoms with Gasteiger partial charge in [0, 0.05) is 12.1 Å². The maximum atomic E-state index is 13.4. The average molecular weight is 421 g/mol. The molecule has 1 amide bonds. The van der Waals surface area contributed by atoms with E-state index in [1.807, 2.05) is 18.2 Å². The van der Waals surface area contributed by atoms with E-state index in [9.17, 15) is 13.6 Å². The van der Waals surface area contributed by atoms with Crippen LogP contribution in [0, 0.1) is 23.5 Å². The zero-order valence-corrected chi connectivity index (χ0v) is 17.3. The Morgan fingerprint density at radius 3 is 1.81 bits per heavy atom. The minimum absolute atomic E-state index is 0.150. The van der Waals surface area contributed by atoms with Crippen molar-refractivity contribution < 1.29 is 13.6 Å². The fourth-order valence-electron chi connectivity index (χ4n) is 4.29. The van der Waals surface area contributed by atoms with Gasteiger partial charge >= 0.3 is 0 Å². The van der Waals surface area contributed by atoms with Crippen LogP contribution in [0.4, 0.5) is 8.78 Å². The standard InChI is InChI=1S/C26H26F2N2O/c27-24-7-3-19(4-8-24)21-12-22(20-5-9-25(28)10-6-20)14-23(13-21)26(31)30-16-18-2-1-17(11-18)15-29/h3-10,12-14,17-18H,1-2,11,15-16,29H2,(H,30,31)/t17-,18-/m0/s1. The summed E-state index contributed by atoms with van der Waals surface area (Å²) < 4.78 is 26.8. The molecule has 0 bridgehead atoms. The molecule has 3 nitrogen and oxygen atoms in total. The highest BCUT2D eigenvalue weighted by molar-refractivity contribution is 5.97. The Balaban J connectivity index is 1.61. The highest BCUT2D eigenvalue weighted by atomic mass is 19.1. The van der Waals surface area contributed by atoms with Crippen molar-refractivity contribution in [3.8, 4) is 22.3 Å². The van der Waals surface area contributed by atoms with Crippen molar-refractivity contribution in [3.63, 3.8) is 0 Å². The Labute approximate surface area is 181 Å². The second-order valence-corrected chi connectivity index (χ2v) is 8.30. The SMILES string of the molecule is NC[C@H]1CC[C@H](CNC(=O)c2cc(-c3ccc(F)cc3)cc(-c3ccc(F)cc3)c2)C1. The van der Waals surface area contributed by atoms with Crippen molar-refractivity contribution in [3.05, 3.63) is 83.9 Å². The van der Waals surface area contributed by atoms with Gasteiger partial charge in [0.2, 0.25) is 0 Å². The number of carbonyl (C=O) groups excluding carboxylic acids is 1. The van der Waals surface area contributed by atoms with E-state index in [0.29, 0.717) is 30.5 Å². The van der Waals surface area contributed by atoms with Crippen LogP contribution in [0.5, 0.6) is 0 Å². The first kappa shape index (κ1) is 21.2. The Kier molecular flexibility index (Phi) is 6.42. The average Bonchev–Trinajstić information content (AvgIpc) is 3.26. The predicted octanol–water partition coefficient (Wildman–Crippen LogP) is 5.40. The lowest BCUT2D eigenvalue weighted by atomic mass is 9.95. The molecule has 2 atom stereocenters. The van der Waals surface area contributed by atoms with Gasteiger partial charge in [0.25, 0.3) is 5.91 Å². The number of rotatable bonds is 6. The van der Waals surface area contributed by atoms with Gasteiger partial charge < -0.3 is 11.1 Å². The van der Waals surface area contributed by atoms with Gasteiger partial charge in [0.1, 0.15) is 11.6 Å². The second kappa shape index (κ2) is 9.40. The van der Waals surface area contributed by atoms with Crippen LogP contribution < -0.4 is 11.1 Å². The summed E-state index contributed by atoms with van der Waals surface area (Å²) in [6.45, 7) is 1.33. The molecule has 1 aliphatic carbocycles. The molecule has 3 aromatic carbocycles. The Morgan fingerprint density at radius 2 is 1.32 bits per heavy atom. The minimum atomic E-state index is -0.316. The maximum Gasteiger partial charge on any atom is 0.251 e. The van der Waals surface area contributed by atoms with Gasteiger partial charge in [-0.25, -0.2) is 8.78 Å². The number of amides is 1. The lowest BCUT2D eigenvalue weighted by Gasteiger charge is -2.14. The summed E-state index contributed by atoms with van der Waals surface area (Å²) >= 11 is 0. The molecule has 4 rings (SSSR count). The second-order valence-electron chi connectivity index (χ2n) is 8.30.